The highest BCUT2D eigenvalue weighted by atomic mass is 16.5. The van der Waals surface area contributed by atoms with E-state index < -0.39 is 0 Å². The van der Waals surface area contributed by atoms with Gasteiger partial charge >= 0.3 is 0 Å². The van der Waals surface area contributed by atoms with Gasteiger partial charge in [0.05, 0.1) is 0 Å². The maximum Gasteiger partial charge on any atom is 0.228 e. The molecule has 4 nitrogen and oxygen atoms in total. The Hall–Kier alpha value is -0.900. The smallest absolute Gasteiger partial charge is 0.228 e. The van der Waals surface area contributed by atoms with E-state index in [1.54, 1.807) is 0 Å². The fraction of sp³-hybridized carbons (Fsp3) is 0.818. The first kappa shape index (κ1) is 12.2. The maximum atomic E-state index is 5.94. The highest BCUT2D eigenvalue weighted by Gasteiger charge is 2.22. The summed E-state index contributed by atoms with van der Waals surface area (Å²) in [7, 11) is 0. The monoisotopic (exact) mass is 211 g/mol. The van der Waals surface area contributed by atoms with Gasteiger partial charge in [0.15, 0.2) is 5.82 Å². The van der Waals surface area contributed by atoms with E-state index in [2.05, 4.69) is 44.8 Å². The van der Waals surface area contributed by atoms with E-state index in [9.17, 15) is 0 Å². The predicted molar refractivity (Wildman–Crippen MR) is 59.5 cm³/mol. The lowest BCUT2D eigenvalue weighted by atomic mass is 9.96. The van der Waals surface area contributed by atoms with Gasteiger partial charge in [0.25, 0.3) is 0 Å². The van der Waals surface area contributed by atoms with Crippen molar-refractivity contribution in [3.8, 4) is 0 Å². The normalized spacial score (nSPS) is 14.6. The number of rotatable bonds is 3. The predicted octanol–water partition coefficient (Wildman–Crippen LogP) is 1.89. The molecule has 1 aromatic heterocycles. The summed E-state index contributed by atoms with van der Waals surface area (Å²) >= 11 is 0. The van der Waals surface area contributed by atoms with Crippen molar-refractivity contribution < 1.29 is 4.52 Å². The molecule has 86 valence electrons. The number of hydrogen-bond donors (Lipinski definition) is 1. The zero-order chi connectivity index (χ0) is 11.6. The quantitative estimate of drug-likeness (QED) is 0.829. The van der Waals surface area contributed by atoms with Crippen molar-refractivity contribution in [3.63, 3.8) is 0 Å². The zero-order valence-electron chi connectivity index (χ0n) is 10.2. The summed E-state index contributed by atoms with van der Waals surface area (Å²) in [5.74, 6) is 1.81. The third-order valence-corrected chi connectivity index (χ3v) is 2.41. The van der Waals surface area contributed by atoms with E-state index in [1.807, 2.05) is 0 Å². The van der Waals surface area contributed by atoms with E-state index in [-0.39, 0.29) is 11.5 Å². The Morgan fingerprint density at radius 2 is 1.93 bits per heavy atom. The molecule has 1 unspecified atom stereocenters. The summed E-state index contributed by atoms with van der Waals surface area (Å²) in [4.78, 5) is 4.35. The first-order valence-electron chi connectivity index (χ1n) is 5.39. The molecule has 1 aromatic rings. The van der Waals surface area contributed by atoms with E-state index >= 15 is 0 Å². The molecule has 1 heterocycles. The highest BCUT2D eigenvalue weighted by Crippen LogP contribution is 2.19. The Morgan fingerprint density at radius 1 is 1.33 bits per heavy atom. The molecular formula is C11H21N3O. The third-order valence-electron chi connectivity index (χ3n) is 2.41. The minimum absolute atomic E-state index is 0.0658. The molecule has 1 atom stereocenters. The van der Waals surface area contributed by atoms with Crippen molar-refractivity contribution in [1.29, 1.82) is 0 Å². The third kappa shape index (κ3) is 3.30. The average molecular weight is 211 g/mol. The molecule has 0 saturated heterocycles. The molecule has 2 N–H and O–H groups in total. The van der Waals surface area contributed by atoms with Gasteiger partial charge in [-0.2, -0.15) is 4.98 Å². The summed E-state index contributed by atoms with van der Waals surface area (Å²) in [5.41, 5.74) is 5.87. The van der Waals surface area contributed by atoms with Gasteiger partial charge in [0.1, 0.15) is 0 Å². The molecule has 0 spiro atoms. The lowest BCUT2D eigenvalue weighted by Gasteiger charge is -2.12. The van der Waals surface area contributed by atoms with Gasteiger partial charge in [0.2, 0.25) is 5.89 Å². The molecule has 0 aliphatic heterocycles. The van der Waals surface area contributed by atoms with Crippen molar-refractivity contribution in [2.75, 3.05) is 0 Å². The van der Waals surface area contributed by atoms with Gasteiger partial charge < -0.3 is 10.3 Å². The van der Waals surface area contributed by atoms with E-state index in [4.69, 9.17) is 10.3 Å². The topological polar surface area (TPSA) is 64.9 Å². The summed E-state index contributed by atoms with van der Waals surface area (Å²) in [6.07, 6.45) is 0.654. The summed E-state index contributed by atoms with van der Waals surface area (Å²) in [6, 6.07) is 0.0817. The van der Waals surface area contributed by atoms with Gasteiger partial charge in [-0.3, -0.25) is 0 Å². The lowest BCUT2D eigenvalue weighted by Crippen LogP contribution is -2.28. The van der Waals surface area contributed by atoms with Crippen molar-refractivity contribution in [3.05, 3.63) is 11.7 Å². The van der Waals surface area contributed by atoms with E-state index in [1.165, 1.54) is 0 Å². The van der Waals surface area contributed by atoms with E-state index in [0.717, 1.165) is 5.82 Å². The Labute approximate surface area is 91.2 Å². The van der Waals surface area contributed by atoms with Gasteiger partial charge in [-0.1, -0.05) is 39.8 Å². The largest absolute Gasteiger partial charge is 0.339 e. The zero-order valence-corrected chi connectivity index (χ0v) is 10.2. The fourth-order valence-electron chi connectivity index (χ4n) is 1.08. The van der Waals surface area contributed by atoms with Crippen LogP contribution in [0.2, 0.25) is 0 Å². The highest BCUT2D eigenvalue weighted by molar-refractivity contribution is 5.00. The molecule has 0 aliphatic carbocycles. The molecule has 0 aliphatic rings. The van der Waals surface area contributed by atoms with Gasteiger partial charge in [0, 0.05) is 17.9 Å². The van der Waals surface area contributed by atoms with Crippen molar-refractivity contribution in [1.82, 2.24) is 10.1 Å². The first-order valence-corrected chi connectivity index (χ1v) is 5.39. The van der Waals surface area contributed by atoms with Crippen molar-refractivity contribution >= 4 is 0 Å². The van der Waals surface area contributed by atoms with Crippen LogP contribution in [0.4, 0.5) is 0 Å². The van der Waals surface area contributed by atoms with Crippen LogP contribution in [-0.2, 0) is 11.8 Å². The van der Waals surface area contributed by atoms with Crippen LogP contribution in [-0.4, -0.2) is 16.2 Å². The summed E-state index contributed by atoms with van der Waals surface area (Å²) in [5, 5.41) is 3.96. The fourth-order valence-corrected chi connectivity index (χ4v) is 1.08. The number of nitrogens with zero attached hydrogens (tertiary/aromatic N) is 2. The molecule has 0 radical (unpaired) electrons. The Morgan fingerprint density at radius 3 is 2.33 bits per heavy atom. The summed E-state index contributed by atoms with van der Waals surface area (Å²) in [6.45, 7) is 10.4. The molecule has 0 fully saturated rings. The molecular weight excluding hydrogens is 190 g/mol. The van der Waals surface area contributed by atoms with Crippen LogP contribution < -0.4 is 5.73 Å². The molecule has 0 aromatic carbocycles. The first-order chi connectivity index (χ1) is 6.80. The summed E-state index contributed by atoms with van der Waals surface area (Å²) < 4.78 is 5.17. The minimum atomic E-state index is -0.0658. The van der Waals surface area contributed by atoms with Crippen molar-refractivity contribution in [2.24, 2.45) is 11.7 Å². The lowest BCUT2D eigenvalue weighted by molar-refractivity contribution is 0.343. The number of aromatic nitrogens is 2. The van der Waals surface area contributed by atoms with Crippen LogP contribution in [0, 0.1) is 5.92 Å². The Kier molecular flexibility index (Phi) is 3.50. The molecule has 0 saturated carbocycles. The van der Waals surface area contributed by atoms with Crippen LogP contribution >= 0.6 is 0 Å². The second kappa shape index (κ2) is 4.31. The second-order valence-electron chi connectivity index (χ2n) is 5.37. The second-order valence-corrected chi connectivity index (χ2v) is 5.37. The average Bonchev–Trinajstić information content (AvgIpc) is 2.51. The van der Waals surface area contributed by atoms with Gasteiger partial charge in [-0.05, 0) is 5.92 Å². The SMILES string of the molecule is CC(C)C(N)Cc1nc(C(C)(C)C)no1. The molecule has 0 amide bonds. The number of hydrogen-bond acceptors (Lipinski definition) is 4. The molecule has 0 bridgehead atoms. The van der Waals surface area contributed by atoms with Crippen LogP contribution in [0.15, 0.2) is 4.52 Å². The van der Waals surface area contributed by atoms with Crippen molar-refractivity contribution in [2.45, 2.75) is 52.5 Å². The maximum absolute atomic E-state index is 5.94. The van der Waals surface area contributed by atoms with Crippen LogP contribution in [0.5, 0.6) is 0 Å². The molecule has 1 rings (SSSR count). The van der Waals surface area contributed by atoms with Crippen LogP contribution in [0.3, 0.4) is 0 Å². The van der Waals surface area contributed by atoms with Gasteiger partial charge in [-0.25, -0.2) is 0 Å². The molecule has 15 heavy (non-hydrogen) atoms. The van der Waals surface area contributed by atoms with Crippen LogP contribution in [0.1, 0.15) is 46.3 Å². The molecule has 4 heteroatoms. The standard InChI is InChI=1S/C11H21N3O/c1-7(2)8(12)6-9-13-10(14-15-9)11(3,4)5/h7-8H,6,12H2,1-5H3. The van der Waals surface area contributed by atoms with Gasteiger partial charge in [-0.15, -0.1) is 0 Å². The van der Waals surface area contributed by atoms with Crippen LogP contribution in [0.25, 0.3) is 0 Å². The number of nitrogens with two attached hydrogens (primary N) is 1. The Bertz CT molecular complexity index is 312. The minimum Gasteiger partial charge on any atom is -0.339 e. The van der Waals surface area contributed by atoms with E-state index in [0.29, 0.717) is 18.2 Å². The Balaban J connectivity index is 2.69.